The van der Waals surface area contributed by atoms with Gasteiger partial charge in [-0.1, -0.05) is 0 Å². The first kappa shape index (κ1) is 9.98. The van der Waals surface area contributed by atoms with Crippen molar-refractivity contribution in [2.24, 2.45) is 0 Å². The number of aromatic nitrogens is 3. The van der Waals surface area contributed by atoms with Gasteiger partial charge in [-0.3, -0.25) is 0 Å². The molecule has 16 heavy (non-hydrogen) atoms. The molecule has 6 nitrogen and oxygen atoms in total. The molecule has 1 heterocycles. The molecular weight excluding hydrogens is 206 g/mol. The van der Waals surface area contributed by atoms with Crippen LogP contribution >= 0.6 is 0 Å². The van der Waals surface area contributed by atoms with E-state index >= 15 is 0 Å². The van der Waals surface area contributed by atoms with Crippen molar-refractivity contribution in [3.63, 3.8) is 0 Å². The maximum Gasteiger partial charge on any atom is 0.312 e. The summed E-state index contributed by atoms with van der Waals surface area (Å²) in [6.07, 6.45) is 0. The smallest absolute Gasteiger partial charge is 0.312 e. The minimum absolute atomic E-state index is 0.177. The molecule has 0 aliphatic rings. The predicted octanol–water partition coefficient (Wildman–Crippen LogP) is 0.149. The van der Waals surface area contributed by atoms with Gasteiger partial charge < -0.3 is 10.5 Å². The van der Waals surface area contributed by atoms with Crippen LogP contribution in [0.25, 0.3) is 5.69 Å². The number of methoxy groups -OCH3 is 1. The standard InChI is InChI=1S/C10H9N5O/c1-16-8-4-2-7(3-5-8)15-10(12)9(6-11)13-14-15/h2-5H,1H3,(H2,12,14)/p+1. The normalized spacial score (nSPS) is 9.75. The Hall–Kier alpha value is -2.55. The van der Waals surface area contributed by atoms with E-state index in [4.69, 9.17) is 15.7 Å². The number of nitrogens with two attached hydrogens (primary N) is 1. The maximum absolute atomic E-state index is 8.72. The molecule has 3 N–H and O–H groups in total. The zero-order valence-electron chi connectivity index (χ0n) is 8.64. The van der Waals surface area contributed by atoms with Crippen molar-refractivity contribution < 1.29 is 9.42 Å². The third kappa shape index (κ3) is 1.54. The Morgan fingerprint density at radius 3 is 2.62 bits per heavy atom. The number of anilines is 1. The number of hydrogen-bond acceptors (Lipinski definition) is 4. The molecule has 2 aromatic rings. The maximum atomic E-state index is 8.72. The van der Waals surface area contributed by atoms with Crippen LogP contribution in [0.2, 0.25) is 0 Å². The fourth-order valence-corrected chi connectivity index (χ4v) is 1.33. The molecule has 0 atom stereocenters. The minimum Gasteiger partial charge on any atom is -0.497 e. The lowest BCUT2D eigenvalue weighted by atomic mass is 10.3. The van der Waals surface area contributed by atoms with Gasteiger partial charge in [-0.25, -0.2) is 0 Å². The molecule has 0 saturated heterocycles. The first-order chi connectivity index (χ1) is 7.76. The topological polar surface area (TPSA) is 91.6 Å². The van der Waals surface area contributed by atoms with Crippen molar-refractivity contribution in [3.8, 4) is 17.5 Å². The van der Waals surface area contributed by atoms with Gasteiger partial charge in [-0.15, -0.1) is 9.90 Å². The molecule has 0 spiro atoms. The number of ether oxygens (including phenoxy) is 1. The summed E-state index contributed by atoms with van der Waals surface area (Å²) in [4.78, 5) is 0. The van der Waals surface area contributed by atoms with E-state index in [1.165, 1.54) is 4.68 Å². The van der Waals surface area contributed by atoms with Crippen LogP contribution in [0.3, 0.4) is 0 Å². The van der Waals surface area contributed by atoms with Crippen molar-refractivity contribution in [1.29, 1.82) is 5.26 Å². The number of aromatic amines is 1. The van der Waals surface area contributed by atoms with Gasteiger partial charge in [0.1, 0.15) is 17.5 Å². The van der Waals surface area contributed by atoms with Gasteiger partial charge in [-0.05, 0) is 29.4 Å². The number of nitrogens with one attached hydrogen (secondary N) is 1. The molecule has 0 aliphatic carbocycles. The van der Waals surface area contributed by atoms with Crippen LogP contribution in [0, 0.1) is 11.3 Å². The zero-order valence-corrected chi connectivity index (χ0v) is 8.64. The quantitative estimate of drug-likeness (QED) is 0.699. The van der Waals surface area contributed by atoms with Crippen LogP contribution in [0.1, 0.15) is 5.69 Å². The largest absolute Gasteiger partial charge is 0.497 e. The van der Waals surface area contributed by atoms with Gasteiger partial charge in [0.05, 0.1) is 7.11 Å². The number of nitriles is 1. The highest BCUT2D eigenvalue weighted by molar-refractivity contribution is 5.40. The number of hydrogen-bond donors (Lipinski definition) is 2. The summed E-state index contributed by atoms with van der Waals surface area (Å²) in [5, 5.41) is 15.1. The number of nitrogens with zero attached hydrogens (tertiary/aromatic N) is 3. The number of H-pyrrole nitrogens is 1. The molecule has 0 saturated carbocycles. The Labute approximate surface area is 91.9 Å². The van der Waals surface area contributed by atoms with Crippen LogP contribution in [0.15, 0.2) is 24.3 Å². The zero-order chi connectivity index (χ0) is 11.5. The minimum atomic E-state index is 0.177. The summed E-state index contributed by atoms with van der Waals surface area (Å²) in [6, 6.07) is 9.12. The van der Waals surface area contributed by atoms with E-state index < -0.39 is 0 Å². The lowest BCUT2D eigenvalue weighted by Gasteiger charge is -2.00. The highest BCUT2D eigenvalue weighted by atomic mass is 16.5. The second-order valence-electron chi connectivity index (χ2n) is 3.09. The van der Waals surface area contributed by atoms with E-state index in [2.05, 4.69) is 10.3 Å². The molecule has 80 valence electrons. The van der Waals surface area contributed by atoms with E-state index in [9.17, 15) is 0 Å². The van der Waals surface area contributed by atoms with Gasteiger partial charge in [0.25, 0.3) is 5.82 Å². The average Bonchev–Trinajstić information content (AvgIpc) is 2.70. The van der Waals surface area contributed by atoms with Crippen LogP contribution in [-0.4, -0.2) is 17.4 Å². The van der Waals surface area contributed by atoms with E-state index in [0.29, 0.717) is 0 Å². The lowest BCUT2D eigenvalue weighted by molar-refractivity contribution is -0.645. The van der Waals surface area contributed by atoms with Gasteiger partial charge in [0, 0.05) is 0 Å². The third-order valence-electron chi connectivity index (χ3n) is 2.18. The van der Waals surface area contributed by atoms with E-state index in [-0.39, 0.29) is 11.5 Å². The van der Waals surface area contributed by atoms with Crippen molar-refractivity contribution in [1.82, 2.24) is 10.3 Å². The molecular formula is C10H10N5O+. The third-order valence-corrected chi connectivity index (χ3v) is 2.18. The van der Waals surface area contributed by atoms with Gasteiger partial charge >= 0.3 is 5.69 Å². The highest BCUT2D eigenvalue weighted by Crippen LogP contribution is 2.12. The van der Waals surface area contributed by atoms with Crippen LogP contribution < -0.4 is 15.2 Å². The monoisotopic (exact) mass is 216 g/mol. The molecule has 0 unspecified atom stereocenters. The molecule has 0 aliphatic heterocycles. The van der Waals surface area contributed by atoms with Crippen molar-refractivity contribution >= 4 is 5.82 Å². The molecule has 0 amide bonds. The molecule has 0 radical (unpaired) electrons. The first-order valence-corrected chi connectivity index (χ1v) is 4.56. The van der Waals surface area contributed by atoms with Crippen LogP contribution in [0.5, 0.6) is 5.75 Å². The Morgan fingerprint density at radius 2 is 2.12 bits per heavy atom. The van der Waals surface area contributed by atoms with Crippen LogP contribution in [-0.2, 0) is 0 Å². The Morgan fingerprint density at radius 1 is 1.44 bits per heavy atom. The van der Waals surface area contributed by atoms with Crippen molar-refractivity contribution in [3.05, 3.63) is 30.0 Å². The molecule has 0 bridgehead atoms. The Bertz CT molecular complexity index is 537. The summed E-state index contributed by atoms with van der Waals surface area (Å²) in [5.74, 6) is 1.04. The van der Waals surface area contributed by atoms with Crippen molar-refractivity contribution in [2.45, 2.75) is 0 Å². The highest BCUT2D eigenvalue weighted by Gasteiger charge is 2.17. The van der Waals surface area contributed by atoms with E-state index in [1.807, 2.05) is 18.2 Å². The van der Waals surface area contributed by atoms with Crippen molar-refractivity contribution in [2.75, 3.05) is 12.8 Å². The summed E-state index contributed by atoms with van der Waals surface area (Å²) in [5.41, 5.74) is 6.69. The summed E-state index contributed by atoms with van der Waals surface area (Å²) >= 11 is 0. The van der Waals surface area contributed by atoms with Gasteiger partial charge in [0.2, 0.25) is 0 Å². The van der Waals surface area contributed by atoms with Crippen LogP contribution in [0.4, 0.5) is 5.82 Å². The van der Waals surface area contributed by atoms with Gasteiger partial charge in [0.15, 0.2) is 0 Å². The van der Waals surface area contributed by atoms with E-state index in [0.717, 1.165) is 11.4 Å². The number of nitrogen functional groups attached to an aromatic ring is 1. The Balaban J connectivity index is 2.43. The summed E-state index contributed by atoms with van der Waals surface area (Å²) in [7, 11) is 1.60. The molecule has 2 rings (SSSR count). The molecule has 1 aromatic carbocycles. The summed E-state index contributed by atoms with van der Waals surface area (Å²) < 4.78 is 6.57. The van der Waals surface area contributed by atoms with E-state index in [1.54, 1.807) is 19.2 Å². The fraction of sp³-hybridized carbons (Fsp3) is 0.100. The van der Waals surface area contributed by atoms with Gasteiger partial charge in [-0.2, -0.15) is 5.26 Å². The fourth-order valence-electron chi connectivity index (χ4n) is 1.33. The number of benzene rings is 1. The lowest BCUT2D eigenvalue weighted by Crippen LogP contribution is -2.35. The summed E-state index contributed by atoms with van der Waals surface area (Å²) in [6.45, 7) is 0. The average molecular weight is 216 g/mol. The molecule has 6 heteroatoms. The second kappa shape index (κ2) is 3.90. The Kier molecular flexibility index (Phi) is 2.44. The molecule has 1 aromatic heterocycles. The first-order valence-electron chi connectivity index (χ1n) is 4.56. The number of rotatable bonds is 2. The SMILES string of the molecule is COc1ccc(-[n+]2[nH]nc(C#N)c2N)cc1. The molecule has 0 fully saturated rings. The predicted molar refractivity (Wildman–Crippen MR) is 55.8 cm³/mol. The second-order valence-corrected chi connectivity index (χ2v) is 3.09.